The number of nitrogens with zero attached hydrogens (tertiary/aromatic N) is 3. The predicted octanol–water partition coefficient (Wildman–Crippen LogP) is 4.22. The minimum Gasteiger partial charge on any atom is -0.482 e. The largest absolute Gasteiger partial charge is 0.482 e. The van der Waals surface area contributed by atoms with E-state index in [1.807, 2.05) is 0 Å². The van der Waals surface area contributed by atoms with Crippen LogP contribution in [-0.2, 0) is 15.7 Å². The van der Waals surface area contributed by atoms with Gasteiger partial charge in [-0.3, -0.25) is 4.79 Å². The van der Waals surface area contributed by atoms with E-state index in [0.717, 1.165) is 23.9 Å². The summed E-state index contributed by atoms with van der Waals surface area (Å²) >= 11 is 5.88. The van der Waals surface area contributed by atoms with E-state index in [1.54, 1.807) is 24.3 Å². The van der Waals surface area contributed by atoms with Crippen molar-refractivity contribution in [1.82, 2.24) is 20.5 Å². The number of benzene rings is 1. The highest BCUT2D eigenvalue weighted by molar-refractivity contribution is 6.30. The Hall–Kier alpha value is -3.18. The van der Waals surface area contributed by atoms with Gasteiger partial charge in [0, 0.05) is 10.6 Å². The molecular weight excluding hydrogens is 465 g/mol. The Labute approximate surface area is 191 Å². The van der Waals surface area contributed by atoms with Gasteiger partial charge in [-0.25, -0.2) is 4.98 Å². The van der Waals surface area contributed by atoms with Gasteiger partial charge in [0.05, 0.1) is 18.8 Å². The van der Waals surface area contributed by atoms with E-state index in [1.165, 1.54) is 0 Å². The smallest absolute Gasteiger partial charge is 0.433 e. The summed E-state index contributed by atoms with van der Waals surface area (Å²) in [5.74, 6) is 0.342. The van der Waals surface area contributed by atoms with Crippen molar-refractivity contribution >= 4 is 17.5 Å². The fourth-order valence-corrected chi connectivity index (χ4v) is 3.31. The number of carbonyl (C=O) groups is 1. The van der Waals surface area contributed by atoms with Crippen molar-refractivity contribution < 1.29 is 31.9 Å². The van der Waals surface area contributed by atoms with Crippen molar-refractivity contribution in [3.8, 4) is 17.2 Å². The molecule has 0 bridgehead atoms. The molecule has 0 spiro atoms. The van der Waals surface area contributed by atoms with Crippen LogP contribution in [0.2, 0.25) is 5.02 Å². The number of amides is 1. The lowest BCUT2D eigenvalue weighted by molar-refractivity contribution is -0.141. The fourth-order valence-electron chi connectivity index (χ4n) is 3.19. The quantitative estimate of drug-likeness (QED) is 0.561. The first kappa shape index (κ1) is 23.0. The molecule has 0 unspecified atom stereocenters. The third kappa shape index (κ3) is 5.99. The SMILES string of the molecule is O=C(COc1ccc(C(F)(F)F)nc1)N[C@@H]1CC[C@@H](c2nnc(-c3ccc(Cl)cc3)o2)OC1. The number of hydrogen-bond donors (Lipinski definition) is 1. The molecule has 3 heterocycles. The van der Waals surface area contributed by atoms with Crippen LogP contribution in [0.1, 0.15) is 30.5 Å². The average molecular weight is 483 g/mol. The summed E-state index contributed by atoms with van der Waals surface area (Å²) < 4.78 is 54.2. The summed E-state index contributed by atoms with van der Waals surface area (Å²) in [5.41, 5.74) is -0.294. The van der Waals surface area contributed by atoms with E-state index in [9.17, 15) is 18.0 Å². The lowest BCUT2D eigenvalue weighted by atomic mass is 10.0. The van der Waals surface area contributed by atoms with E-state index in [2.05, 4.69) is 20.5 Å². The number of nitrogens with one attached hydrogen (secondary N) is 1. The van der Waals surface area contributed by atoms with Crippen LogP contribution in [0.25, 0.3) is 11.5 Å². The Morgan fingerprint density at radius 1 is 1.15 bits per heavy atom. The fraction of sp³-hybridized carbons (Fsp3) is 0.333. The monoisotopic (exact) mass is 482 g/mol. The zero-order valence-electron chi connectivity index (χ0n) is 17.0. The number of rotatable bonds is 6. The molecule has 1 aromatic carbocycles. The van der Waals surface area contributed by atoms with Gasteiger partial charge in [0.1, 0.15) is 17.5 Å². The maximum Gasteiger partial charge on any atom is 0.433 e. The molecule has 33 heavy (non-hydrogen) atoms. The Bertz CT molecular complexity index is 1080. The number of aromatic nitrogens is 3. The summed E-state index contributed by atoms with van der Waals surface area (Å²) in [5, 5.41) is 11.5. The van der Waals surface area contributed by atoms with Crippen LogP contribution in [0.15, 0.2) is 47.0 Å². The van der Waals surface area contributed by atoms with Crippen LogP contribution in [0, 0.1) is 0 Å². The van der Waals surface area contributed by atoms with Crippen LogP contribution in [0.5, 0.6) is 5.75 Å². The second-order valence-electron chi connectivity index (χ2n) is 7.28. The minimum absolute atomic E-state index is 0.0611. The second-order valence-corrected chi connectivity index (χ2v) is 7.72. The molecule has 3 aromatic rings. The number of hydrogen-bond acceptors (Lipinski definition) is 7. The van der Waals surface area contributed by atoms with Gasteiger partial charge in [0.2, 0.25) is 11.8 Å². The Morgan fingerprint density at radius 2 is 1.94 bits per heavy atom. The van der Waals surface area contributed by atoms with Gasteiger partial charge in [-0.05, 0) is 49.2 Å². The van der Waals surface area contributed by atoms with Crippen molar-refractivity contribution in [1.29, 1.82) is 0 Å². The van der Waals surface area contributed by atoms with Gasteiger partial charge in [0.25, 0.3) is 5.91 Å². The average Bonchev–Trinajstić information content (AvgIpc) is 3.29. The highest BCUT2D eigenvalue weighted by Crippen LogP contribution is 2.30. The van der Waals surface area contributed by atoms with Gasteiger partial charge in [0.15, 0.2) is 6.61 Å². The second kappa shape index (κ2) is 9.75. The minimum atomic E-state index is -4.53. The molecule has 1 aliphatic heterocycles. The van der Waals surface area contributed by atoms with Crippen molar-refractivity contribution in [2.45, 2.75) is 31.2 Å². The van der Waals surface area contributed by atoms with Gasteiger partial charge in [-0.15, -0.1) is 10.2 Å². The van der Waals surface area contributed by atoms with Gasteiger partial charge >= 0.3 is 6.18 Å². The molecule has 1 saturated heterocycles. The van der Waals surface area contributed by atoms with Crippen LogP contribution in [0.4, 0.5) is 13.2 Å². The molecule has 8 nitrogen and oxygen atoms in total. The highest BCUT2D eigenvalue weighted by Gasteiger charge is 2.32. The Morgan fingerprint density at radius 3 is 2.58 bits per heavy atom. The van der Waals surface area contributed by atoms with Crippen molar-refractivity contribution in [3.05, 3.63) is 59.2 Å². The summed E-state index contributed by atoms with van der Waals surface area (Å²) in [6.07, 6.45) is -2.84. The molecule has 0 aliphatic carbocycles. The summed E-state index contributed by atoms with van der Waals surface area (Å²) in [6.45, 7) is -0.127. The van der Waals surface area contributed by atoms with Crippen molar-refractivity contribution in [3.63, 3.8) is 0 Å². The maximum absolute atomic E-state index is 12.5. The molecule has 1 amide bonds. The lowest BCUT2D eigenvalue weighted by Crippen LogP contribution is -2.43. The summed E-state index contributed by atoms with van der Waals surface area (Å²) in [4.78, 5) is 15.4. The van der Waals surface area contributed by atoms with Crippen LogP contribution in [-0.4, -0.2) is 40.3 Å². The zero-order valence-corrected chi connectivity index (χ0v) is 17.8. The van der Waals surface area contributed by atoms with Crippen molar-refractivity contribution in [2.75, 3.05) is 13.2 Å². The standard InChI is InChI=1S/C21H18ClF3N4O4/c22-13-3-1-12(2-4-13)19-28-29-20(33-19)16-7-5-14(10-32-16)27-18(30)11-31-15-6-8-17(26-9-15)21(23,24)25/h1-4,6,8-9,14,16H,5,7,10-11H2,(H,27,30)/t14-,16+/m1/s1. The molecule has 2 atom stereocenters. The zero-order chi connectivity index (χ0) is 23.4. The first-order valence-electron chi connectivity index (χ1n) is 9.94. The Kier molecular flexibility index (Phi) is 6.80. The summed E-state index contributed by atoms with van der Waals surface area (Å²) in [7, 11) is 0. The number of pyridine rings is 1. The predicted molar refractivity (Wildman–Crippen MR) is 109 cm³/mol. The molecule has 2 aromatic heterocycles. The molecule has 4 rings (SSSR count). The first-order chi connectivity index (χ1) is 15.8. The molecule has 1 N–H and O–H groups in total. The van der Waals surface area contributed by atoms with E-state index >= 15 is 0 Å². The molecule has 0 radical (unpaired) electrons. The van der Waals surface area contributed by atoms with Gasteiger partial charge in [-0.1, -0.05) is 11.6 Å². The number of carbonyl (C=O) groups excluding carboxylic acids is 1. The molecule has 1 fully saturated rings. The van der Waals surface area contributed by atoms with Crippen molar-refractivity contribution in [2.24, 2.45) is 0 Å². The number of halogens is 4. The van der Waals surface area contributed by atoms with E-state index in [0.29, 0.717) is 29.6 Å². The molecule has 174 valence electrons. The first-order valence-corrected chi connectivity index (χ1v) is 10.3. The molecule has 12 heteroatoms. The van der Waals surface area contributed by atoms with Crippen LogP contribution >= 0.6 is 11.6 Å². The van der Waals surface area contributed by atoms with Crippen LogP contribution < -0.4 is 10.1 Å². The van der Waals surface area contributed by atoms with Crippen LogP contribution in [0.3, 0.4) is 0 Å². The van der Waals surface area contributed by atoms with E-state index in [-0.39, 0.29) is 31.1 Å². The third-order valence-electron chi connectivity index (χ3n) is 4.84. The lowest BCUT2D eigenvalue weighted by Gasteiger charge is -2.27. The van der Waals surface area contributed by atoms with Gasteiger partial charge in [-0.2, -0.15) is 13.2 Å². The molecule has 1 aliphatic rings. The third-order valence-corrected chi connectivity index (χ3v) is 5.10. The van der Waals surface area contributed by atoms with E-state index in [4.69, 9.17) is 25.5 Å². The Balaban J connectivity index is 1.22. The summed E-state index contributed by atoms with van der Waals surface area (Å²) in [6, 6.07) is 8.65. The van der Waals surface area contributed by atoms with Gasteiger partial charge < -0.3 is 19.2 Å². The number of alkyl halides is 3. The topological polar surface area (TPSA) is 99.4 Å². The maximum atomic E-state index is 12.5. The molecule has 0 saturated carbocycles. The normalized spacial score (nSPS) is 18.7. The highest BCUT2D eigenvalue weighted by atomic mass is 35.5. The molecular formula is C21H18ClF3N4O4. The van der Waals surface area contributed by atoms with E-state index < -0.39 is 17.8 Å². The number of ether oxygens (including phenoxy) is 2.